The van der Waals surface area contributed by atoms with Crippen LogP contribution in [0.2, 0.25) is 5.02 Å². The summed E-state index contributed by atoms with van der Waals surface area (Å²) >= 11 is 5.98. The number of methoxy groups -OCH3 is 1. The van der Waals surface area contributed by atoms with Crippen LogP contribution in [-0.4, -0.2) is 57.1 Å². The molecule has 35 heavy (non-hydrogen) atoms. The molecule has 2 aromatic carbocycles. The van der Waals surface area contributed by atoms with Crippen molar-refractivity contribution in [2.24, 2.45) is 0 Å². The summed E-state index contributed by atoms with van der Waals surface area (Å²) in [5.74, 6) is -0.0819. The first kappa shape index (κ1) is 28.5. The largest absolute Gasteiger partial charge is 0.495 e. The second kappa shape index (κ2) is 12.8. The molecular formula is C25H34ClN3O5S. The lowest BCUT2D eigenvalue weighted by Gasteiger charge is -2.30. The van der Waals surface area contributed by atoms with Crippen LogP contribution in [0.5, 0.6) is 5.75 Å². The van der Waals surface area contributed by atoms with Crippen molar-refractivity contribution in [1.82, 2.24) is 10.2 Å². The van der Waals surface area contributed by atoms with Crippen molar-refractivity contribution in [3.05, 3.63) is 59.1 Å². The SMILES string of the molecule is COc1ccccc1N(CCCC(=O)N(Cc1ccc(Cl)cc1)[C@H](C)C(=O)NC(C)C)S(C)(=O)=O. The second-order valence-corrected chi connectivity index (χ2v) is 10.9. The highest BCUT2D eigenvalue weighted by Crippen LogP contribution is 2.29. The van der Waals surface area contributed by atoms with Gasteiger partial charge in [-0.3, -0.25) is 13.9 Å². The monoisotopic (exact) mass is 523 g/mol. The van der Waals surface area contributed by atoms with Crippen LogP contribution in [0, 0.1) is 0 Å². The summed E-state index contributed by atoms with van der Waals surface area (Å²) in [6, 6.07) is 13.1. The number of sulfonamides is 1. The minimum atomic E-state index is -3.61. The highest BCUT2D eigenvalue weighted by molar-refractivity contribution is 7.92. The Balaban J connectivity index is 2.19. The third-order valence-electron chi connectivity index (χ3n) is 5.37. The minimum Gasteiger partial charge on any atom is -0.495 e. The Bertz CT molecular complexity index is 1110. The molecule has 192 valence electrons. The van der Waals surface area contributed by atoms with Crippen molar-refractivity contribution in [3.8, 4) is 5.75 Å². The fourth-order valence-corrected chi connectivity index (χ4v) is 4.69. The standard InChI is InChI=1S/C25H34ClN3O5S/c1-18(2)27-25(31)19(3)28(17-20-12-14-21(26)15-13-20)24(30)11-8-16-29(35(5,32)33)22-9-6-7-10-23(22)34-4/h6-7,9-10,12-15,18-19H,8,11,16-17H2,1-5H3,(H,27,31)/t19-/m1/s1. The van der Waals surface area contributed by atoms with E-state index >= 15 is 0 Å². The Morgan fingerprint density at radius 2 is 1.69 bits per heavy atom. The van der Waals surface area contributed by atoms with E-state index in [1.165, 1.54) is 16.3 Å². The lowest BCUT2D eigenvalue weighted by atomic mass is 10.1. The molecule has 1 N–H and O–H groups in total. The maximum absolute atomic E-state index is 13.3. The van der Waals surface area contributed by atoms with Gasteiger partial charge in [-0.25, -0.2) is 8.42 Å². The number of rotatable bonds is 12. The van der Waals surface area contributed by atoms with Gasteiger partial charge in [-0.05, 0) is 57.0 Å². The van der Waals surface area contributed by atoms with E-state index in [1.807, 2.05) is 26.0 Å². The molecule has 0 aromatic heterocycles. The van der Waals surface area contributed by atoms with Crippen LogP contribution in [-0.2, 0) is 26.2 Å². The van der Waals surface area contributed by atoms with Gasteiger partial charge in [0.2, 0.25) is 21.8 Å². The van der Waals surface area contributed by atoms with E-state index in [0.29, 0.717) is 16.5 Å². The van der Waals surface area contributed by atoms with Gasteiger partial charge in [-0.1, -0.05) is 35.9 Å². The Labute approximate surface area is 213 Å². The normalized spacial score (nSPS) is 12.2. The number of ether oxygens (including phenoxy) is 1. The first-order chi connectivity index (χ1) is 16.4. The van der Waals surface area contributed by atoms with Gasteiger partial charge in [-0.15, -0.1) is 0 Å². The second-order valence-electron chi connectivity index (χ2n) is 8.60. The zero-order chi connectivity index (χ0) is 26.2. The summed E-state index contributed by atoms with van der Waals surface area (Å²) in [4.78, 5) is 27.5. The number of halogens is 1. The van der Waals surface area contributed by atoms with E-state index in [0.717, 1.165) is 11.8 Å². The van der Waals surface area contributed by atoms with E-state index in [9.17, 15) is 18.0 Å². The third kappa shape index (κ3) is 8.43. The molecule has 0 heterocycles. The lowest BCUT2D eigenvalue weighted by Crippen LogP contribution is -2.49. The molecule has 0 radical (unpaired) electrons. The average molecular weight is 524 g/mol. The van der Waals surface area contributed by atoms with E-state index < -0.39 is 16.1 Å². The molecule has 0 spiro atoms. The van der Waals surface area contributed by atoms with E-state index in [2.05, 4.69) is 5.32 Å². The van der Waals surface area contributed by atoms with Gasteiger partial charge in [0, 0.05) is 30.6 Å². The van der Waals surface area contributed by atoms with Crippen molar-refractivity contribution in [1.29, 1.82) is 0 Å². The molecule has 0 aliphatic carbocycles. The first-order valence-corrected chi connectivity index (χ1v) is 13.6. The van der Waals surface area contributed by atoms with Crippen LogP contribution in [0.4, 0.5) is 5.69 Å². The Hall–Kier alpha value is -2.78. The van der Waals surface area contributed by atoms with E-state index in [4.69, 9.17) is 16.3 Å². The van der Waals surface area contributed by atoms with Gasteiger partial charge in [0.1, 0.15) is 11.8 Å². The van der Waals surface area contributed by atoms with Crippen LogP contribution in [0.25, 0.3) is 0 Å². The van der Waals surface area contributed by atoms with Crippen LogP contribution in [0.1, 0.15) is 39.2 Å². The van der Waals surface area contributed by atoms with Gasteiger partial charge in [0.25, 0.3) is 0 Å². The van der Waals surface area contributed by atoms with Gasteiger partial charge >= 0.3 is 0 Å². The molecule has 2 rings (SSSR count). The zero-order valence-corrected chi connectivity index (χ0v) is 22.4. The molecular weight excluding hydrogens is 490 g/mol. The summed E-state index contributed by atoms with van der Waals surface area (Å²) in [6.07, 6.45) is 1.44. The predicted octanol–water partition coefficient (Wildman–Crippen LogP) is 3.84. The molecule has 0 aliphatic rings. The summed E-state index contributed by atoms with van der Waals surface area (Å²) in [7, 11) is -2.14. The Morgan fingerprint density at radius 1 is 1.06 bits per heavy atom. The predicted molar refractivity (Wildman–Crippen MR) is 139 cm³/mol. The number of para-hydroxylation sites is 2. The molecule has 0 unspecified atom stereocenters. The number of nitrogens with one attached hydrogen (secondary N) is 1. The summed E-state index contributed by atoms with van der Waals surface area (Å²) in [6.45, 7) is 5.71. The highest BCUT2D eigenvalue weighted by Gasteiger charge is 2.27. The summed E-state index contributed by atoms with van der Waals surface area (Å²) in [5.41, 5.74) is 1.24. The van der Waals surface area contributed by atoms with Gasteiger partial charge in [0.05, 0.1) is 19.1 Å². The number of hydrogen-bond donors (Lipinski definition) is 1. The van der Waals surface area contributed by atoms with Gasteiger partial charge < -0.3 is 15.0 Å². The van der Waals surface area contributed by atoms with Crippen molar-refractivity contribution in [3.63, 3.8) is 0 Å². The summed E-state index contributed by atoms with van der Waals surface area (Å²) in [5, 5.41) is 3.42. The molecule has 10 heteroatoms. The van der Waals surface area contributed by atoms with Crippen LogP contribution in [0.3, 0.4) is 0 Å². The number of carbonyl (C=O) groups excluding carboxylic acids is 2. The minimum absolute atomic E-state index is 0.0635. The molecule has 2 aromatic rings. The molecule has 0 fully saturated rings. The molecule has 0 bridgehead atoms. The molecule has 2 amide bonds. The first-order valence-electron chi connectivity index (χ1n) is 11.4. The maximum Gasteiger partial charge on any atom is 0.242 e. The van der Waals surface area contributed by atoms with Crippen LogP contribution in [0.15, 0.2) is 48.5 Å². The molecule has 1 atom stereocenters. The summed E-state index contributed by atoms with van der Waals surface area (Å²) < 4.78 is 31.5. The van der Waals surface area contributed by atoms with Crippen molar-refractivity contribution in [2.75, 3.05) is 24.2 Å². The number of nitrogens with zero attached hydrogens (tertiary/aromatic N) is 2. The number of anilines is 1. The molecule has 0 aliphatic heterocycles. The third-order valence-corrected chi connectivity index (χ3v) is 6.80. The van der Waals surface area contributed by atoms with Gasteiger partial charge in [-0.2, -0.15) is 0 Å². The zero-order valence-electron chi connectivity index (χ0n) is 20.8. The van der Waals surface area contributed by atoms with Gasteiger partial charge in [0.15, 0.2) is 0 Å². The smallest absolute Gasteiger partial charge is 0.242 e. The molecule has 0 saturated heterocycles. The van der Waals surface area contributed by atoms with Crippen LogP contribution < -0.4 is 14.4 Å². The fraction of sp³-hybridized carbons (Fsp3) is 0.440. The lowest BCUT2D eigenvalue weighted by molar-refractivity contribution is -0.140. The van der Waals surface area contributed by atoms with Crippen molar-refractivity contribution >= 4 is 39.1 Å². The topological polar surface area (TPSA) is 96.0 Å². The number of hydrogen-bond acceptors (Lipinski definition) is 5. The number of benzene rings is 2. The van der Waals surface area contributed by atoms with Crippen molar-refractivity contribution in [2.45, 2.75) is 52.2 Å². The molecule has 0 saturated carbocycles. The quantitative estimate of drug-likeness (QED) is 0.456. The Kier molecular flexibility index (Phi) is 10.4. The Morgan fingerprint density at radius 3 is 2.26 bits per heavy atom. The van der Waals surface area contributed by atoms with Crippen LogP contribution >= 0.6 is 11.6 Å². The number of carbonyl (C=O) groups is 2. The highest BCUT2D eigenvalue weighted by atomic mass is 35.5. The molecule has 8 nitrogen and oxygen atoms in total. The maximum atomic E-state index is 13.3. The number of amides is 2. The average Bonchev–Trinajstić information content (AvgIpc) is 2.79. The van der Waals surface area contributed by atoms with E-state index in [1.54, 1.807) is 43.3 Å². The van der Waals surface area contributed by atoms with E-state index in [-0.39, 0.29) is 43.8 Å². The fourth-order valence-electron chi connectivity index (χ4n) is 3.59. The van der Waals surface area contributed by atoms with Crippen molar-refractivity contribution < 1.29 is 22.7 Å².